The SMILES string of the molecule is Cn1c(=O)c2ccccc2n(CC(=O)N(C2CCCCC2)C2CCCCC2)c1=O. The summed E-state index contributed by atoms with van der Waals surface area (Å²) in [6, 6.07) is 7.65. The molecule has 2 saturated carbocycles. The van der Waals surface area contributed by atoms with E-state index in [0.717, 1.165) is 30.3 Å². The number of para-hydroxylation sites is 1. The van der Waals surface area contributed by atoms with Crippen molar-refractivity contribution >= 4 is 16.8 Å². The smallest absolute Gasteiger partial charge is 0.331 e. The van der Waals surface area contributed by atoms with Gasteiger partial charge in [0.1, 0.15) is 6.54 Å². The van der Waals surface area contributed by atoms with Crippen molar-refractivity contribution in [3.63, 3.8) is 0 Å². The minimum atomic E-state index is -0.422. The summed E-state index contributed by atoms with van der Waals surface area (Å²) in [4.78, 5) is 41.1. The van der Waals surface area contributed by atoms with Gasteiger partial charge in [0.05, 0.1) is 10.9 Å². The summed E-state index contributed by atoms with van der Waals surface area (Å²) < 4.78 is 2.60. The van der Waals surface area contributed by atoms with E-state index in [1.165, 1.54) is 50.1 Å². The highest BCUT2D eigenvalue weighted by Gasteiger charge is 2.32. The summed E-state index contributed by atoms with van der Waals surface area (Å²) in [5.74, 6) is 0.0229. The van der Waals surface area contributed by atoms with Crippen LogP contribution in [-0.2, 0) is 18.4 Å². The molecule has 1 aromatic carbocycles. The van der Waals surface area contributed by atoms with E-state index in [1.54, 1.807) is 18.2 Å². The lowest BCUT2D eigenvalue weighted by Crippen LogP contribution is -2.51. The van der Waals surface area contributed by atoms with Gasteiger partial charge in [-0.25, -0.2) is 4.79 Å². The van der Waals surface area contributed by atoms with Gasteiger partial charge in [0.15, 0.2) is 0 Å². The van der Waals surface area contributed by atoms with Gasteiger partial charge in [0.2, 0.25) is 5.91 Å². The second-order valence-electron chi connectivity index (χ2n) is 8.63. The fourth-order valence-electron chi connectivity index (χ4n) is 5.24. The summed E-state index contributed by atoms with van der Waals surface area (Å²) in [6.45, 7) is 0.000463. The third kappa shape index (κ3) is 3.89. The summed E-state index contributed by atoms with van der Waals surface area (Å²) in [5.41, 5.74) is -0.193. The number of carbonyl (C=O) groups excluding carboxylic acids is 1. The Morgan fingerprint density at radius 3 is 2.07 bits per heavy atom. The predicted molar refractivity (Wildman–Crippen MR) is 114 cm³/mol. The van der Waals surface area contributed by atoms with Crippen molar-refractivity contribution in [2.45, 2.75) is 82.8 Å². The first-order valence-electron chi connectivity index (χ1n) is 11.1. The van der Waals surface area contributed by atoms with E-state index in [9.17, 15) is 14.4 Å². The van der Waals surface area contributed by atoms with Crippen molar-refractivity contribution in [3.05, 3.63) is 45.1 Å². The molecular formula is C23H31N3O3. The van der Waals surface area contributed by atoms with Crippen LogP contribution in [0.5, 0.6) is 0 Å². The van der Waals surface area contributed by atoms with Crippen molar-refractivity contribution in [3.8, 4) is 0 Å². The average Bonchev–Trinajstić information content (AvgIpc) is 2.77. The van der Waals surface area contributed by atoms with Crippen LogP contribution in [0.25, 0.3) is 10.9 Å². The molecule has 1 amide bonds. The Kier molecular flexibility index (Phi) is 5.88. The van der Waals surface area contributed by atoms with Gasteiger partial charge in [0.25, 0.3) is 5.56 Å². The molecule has 6 heteroatoms. The molecule has 0 atom stereocenters. The Labute approximate surface area is 171 Å². The zero-order valence-electron chi connectivity index (χ0n) is 17.3. The maximum absolute atomic E-state index is 13.6. The molecule has 0 spiro atoms. The Bertz CT molecular complexity index is 977. The fraction of sp³-hybridized carbons (Fsp3) is 0.609. The number of rotatable bonds is 4. The Hall–Kier alpha value is -2.37. The molecule has 0 radical (unpaired) electrons. The minimum absolute atomic E-state index is 0.000463. The van der Waals surface area contributed by atoms with Crippen LogP contribution in [0.15, 0.2) is 33.9 Å². The Balaban J connectivity index is 1.70. The average molecular weight is 398 g/mol. The fourth-order valence-corrected chi connectivity index (χ4v) is 5.24. The van der Waals surface area contributed by atoms with E-state index >= 15 is 0 Å². The van der Waals surface area contributed by atoms with Crippen molar-refractivity contribution in [2.75, 3.05) is 0 Å². The number of hydrogen-bond acceptors (Lipinski definition) is 3. The largest absolute Gasteiger partial charge is 0.335 e. The van der Waals surface area contributed by atoms with Crippen molar-refractivity contribution < 1.29 is 4.79 Å². The Morgan fingerprint density at radius 2 is 1.48 bits per heavy atom. The topological polar surface area (TPSA) is 64.3 Å². The highest BCUT2D eigenvalue weighted by Crippen LogP contribution is 2.30. The van der Waals surface area contributed by atoms with E-state index in [4.69, 9.17) is 0 Å². The van der Waals surface area contributed by atoms with E-state index < -0.39 is 5.69 Å². The van der Waals surface area contributed by atoms with Crippen LogP contribution in [0.3, 0.4) is 0 Å². The first-order chi connectivity index (χ1) is 14.1. The van der Waals surface area contributed by atoms with Gasteiger partial charge in [-0.3, -0.25) is 18.7 Å². The number of benzene rings is 1. The number of aromatic nitrogens is 2. The normalized spacial score (nSPS) is 18.8. The third-order valence-corrected chi connectivity index (χ3v) is 6.77. The van der Waals surface area contributed by atoms with Gasteiger partial charge < -0.3 is 4.90 Å². The standard InChI is InChI=1S/C23H31N3O3/c1-24-22(28)19-14-8-9-15-20(19)25(23(24)29)16-21(27)26(17-10-4-2-5-11-17)18-12-6-3-7-13-18/h8-9,14-15,17-18H,2-7,10-13,16H2,1H3. The molecule has 0 aliphatic heterocycles. The van der Waals surface area contributed by atoms with Crippen LogP contribution in [0.4, 0.5) is 0 Å². The summed E-state index contributed by atoms with van der Waals surface area (Å²) in [5, 5.41) is 0.476. The molecule has 29 heavy (non-hydrogen) atoms. The van der Waals surface area contributed by atoms with Crippen LogP contribution in [0.2, 0.25) is 0 Å². The third-order valence-electron chi connectivity index (χ3n) is 6.77. The number of hydrogen-bond donors (Lipinski definition) is 0. The highest BCUT2D eigenvalue weighted by atomic mass is 16.2. The molecule has 2 aliphatic carbocycles. The minimum Gasteiger partial charge on any atom is -0.335 e. The first kappa shape index (κ1) is 19.9. The summed E-state index contributed by atoms with van der Waals surface area (Å²) in [7, 11) is 1.48. The molecule has 2 aromatic rings. The Morgan fingerprint density at radius 1 is 0.931 bits per heavy atom. The molecule has 0 bridgehead atoms. The molecule has 0 saturated heterocycles. The van der Waals surface area contributed by atoms with Crippen LogP contribution in [0, 0.1) is 0 Å². The molecular weight excluding hydrogens is 366 g/mol. The molecule has 0 N–H and O–H groups in total. The van der Waals surface area contributed by atoms with Gasteiger partial charge in [-0.15, -0.1) is 0 Å². The summed E-state index contributed by atoms with van der Waals surface area (Å²) in [6.07, 6.45) is 11.4. The van der Waals surface area contributed by atoms with Crippen LogP contribution in [-0.4, -0.2) is 32.0 Å². The predicted octanol–water partition coefficient (Wildman–Crippen LogP) is 3.19. The maximum atomic E-state index is 13.6. The molecule has 2 fully saturated rings. The molecule has 6 nitrogen and oxygen atoms in total. The van der Waals surface area contributed by atoms with Crippen LogP contribution < -0.4 is 11.2 Å². The van der Waals surface area contributed by atoms with E-state index in [1.807, 2.05) is 6.07 Å². The lowest BCUT2D eigenvalue weighted by Gasteiger charge is -2.42. The van der Waals surface area contributed by atoms with Gasteiger partial charge in [0, 0.05) is 19.1 Å². The second kappa shape index (κ2) is 8.56. The van der Waals surface area contributed by atoms with Crippen LogP contribution >= 0.6 is 0 Å². The summed E-state index contributed by atoms with van der Waals surface area (Å²) >= 11 is 0. The molecule has 2 aliphatic rings. The van der Waals surface area contributed by atoms with Crippen molar-refractivity contribution in [1.82, 2.24) is 14.0 Å². The molecule has 1 aromatic heterocycles. The van der Waals surface area contributed by atoms with Gasteiger partial charge in [-0.2, -0.15) is 0 Å². The van der Waals surface area contributed by atoms with E-state index in [2.05, 4.69) is 4.90 Å². The van der Waals surface area contributed by atoms with Crippen molar-refractivity contribution in [2.24, 2.45) is 7.05 Å². The second-order valence-corrected chi connectivity index (χ2v) is 8.63. The molecule has 1 heterocycles. The lowest BCUT2D eigenvalue weighted by molar-refractivity contribution is -0.138. The van der Waals surface area contributed by atoms with Crippen LogP contribution in [0.1, 0.15) is 64.2 Å². The number of fused-ring (bicyclic) bond motifs is 1. The number of nitrogens with zero attached hydrogens (tertiary/aromatic N) is 3. The zero-order chi connectivity index (χ0) is 20.4. The van der Waals surface area contributed by atoms with E-state index in [0.29, 0.717) is 10.9 Å². The number of carbonyl (C=O) groups is 1. The molecule has 156 valence electrons. The molecule has 0 unspecified atom stereocenters. The van der Waals surface area contributed by atoms with Gasteiger partial charge in [-0.05, 0) is 37.8 Å². The maximum Gasteiger partial charge on any atom is 0.331 e. The van der Waals surface area contributed by atoms with Crippen molar-refractivity contribution in [1.29, 1.82) is 0 Å². The van der Waals surface area contributed by atoms with Gasteiger partial charge in [-0.1, -0.05) is 50.7 Å². The first-order valence-corrected chi connectivity index (χ1v) is 11.1. The quantitative estimate of drug-likeness (QED) is 0.796. The van der Waals surface area contributed by atoms with E-state index in [-0.39, 0.29) is 30.1 Å². The lowest BCUT2D eigenvalue weighted by atomic mass is 9.88. The molecule has 4 rings (SSSR count). The number of amides is 1. The van der Waals surface area contributed by atoms with Gasteiger partial charge >= 0.3 is 5.69 Å². The monoisotopic (exact) mass is 397 g/mol. The zero-order valence-corrected chi connectivity index (χ0v) is 17.3. The highest BCUT2D eigenvalue weighted by molar-refractivity contribution is 5.82.